The van der Waals surface area contributed by atoms with Crippen LogP contribution in [-0.2, 0) is 4.79 Å². The topological polar surface area (TPSA) is 59.0 Å². The highest BCUT2D eigenvalue weighted by molar-refractivity contribution is 6.12. The Bertz CT molecular complexity index is 718. The molecule has 1 heterocycles. The normalized spacial score (nSPS) is 22.0. The van der Waals surface area contributed by atoms with E-state index in [9.17, 15) is 9.59 Å². The summed E-state index contributed by atoms with van der Waals surface area (Å²) < 4.78 is 5.11. The van der Waals surface area contributed by atoms with Crippen molar-refractivity contribution in [2.75, 3.05) is 13.7 Å². The van der Waals surface area contributed by atoms with Gasteiger partial charge in [-0.1, -0.05) is 46.0 Å². The second-order valence-corrected chi connectivity index (χ2v) is 8.24. The third kappa shape index (κ3) is 5.26. The van der Waals surface area contributed by atoms with E-state index in [1.54, 1.807) is 31.4 Å². The molecule has 29 heavy (non-hydrogen) atoms. The number of hydrazone groups is 1. The Kier molecular flexibility index (Phi) is 8.42. The molecule has 1 aliphatic carbocycles. The van der Waals surface area contributed by atoms with E-state index < -0.39 is 5.41 Å². The maximum Gasteiger partial charge on any atom is 0.255 e. The molecule has 1 aromatic rings. The molecule has 5 nitrogen and oxygen atoms in total. The van der Waals surface area contributed by atoms with Gasteiger partial charge in [0, 0.05) is 5.56 Å². The highest BCUT2D eigenvalue weighted by Crippen LogP contribution is 2.43. The second-order valence-electron chi connectivity index (χ2n) is 8.24. The van der Waals surface area contributed by atoms with Crippen LogP contribution in [0.25, 0.3) is 0 Å². The van der Waals surface area contributed by atoms with Crippen molar-refractivity contribution in [2.24, 2.45) is 16.4 Å². The van der Waals surface area contributed by atoms with Gasteiger partial charge in [0.05, 0.1) is 18.2 Å². The van der Waals surface area contributed by atoms with Gasteiger partial charge in [-0.25, -0.2) is 5.01 Å². The van der Waals surface area contributed by atoms with Crippen LogP contribution in [0.3, 0.4) is 0 Å². The van der Waals surface area contributed by atoms with Crippen molar-refractivity contribution in [3.63, 3.8) is 0 Å². The zero-order valence-corrected chi connectivity index (χ0v) is 18.7. The van der Waals surface area contributed by atoms with E-state index in [4.69, 9.17) is 4.74 Å². The van der Waals surface area contributed by atoms with Gasteiger partial charge in [-0.3, -0.25) is 9.59 Å². The Morgan fingerprint density at radius 1 is 1.14 bits per heavy atom. The Morgan fingerprint density at radius 2 is 1.72 bits per heavy atom. The highest BCUT2D eigenvalue weighted by atomic mass is 16.5. The lowest BCUT2D eigenvalue weighted by molar-refractivity contribution is -0.137. The van der Waals surface area contributed by atoms with Crippen molar-refractivity contribution >= 4 is 17.4 Å². The molecule has 1 saturated carbocycles. The zero-order chi connectivity index (χ0) is 21.4. The summed E-state index contributed by atoms with van der Waals surface area (Å²) in [4.78, 5) is 25.6. The molecule has 0 spiro atoms. The Morgan fingerprint density at radius 3 is 2.24 bits per heavy atom. The molecule has 0 saturated heterocycles. The van der Waals surface area contributed by atoms with Gasteiger partial charge in [0.25, 0.3) is 5.91 Å². The number of Topliss-reactive ketones (excluding diaryl/α,β-unsaturated/α-hetero) is 1. The van der Waals surface area contributed by atoms with E-state index in [2.05, 4.69) is 18.9 Å². The van der Waals surface area contributed by atoms with Crippen molar-refractivity contribution in [3.05, 3.63) is 29.8 Å². The minimum Gasteiger partial charge on any atom is -0.497 e. The summed E-state index contributed by atoms with van der Waals surface area (Å²) in [6.45, 7) is 8.27. The van der Waals surface area contributed by atoms with Gasteiger partial charge in [-0.05, 0) is 56.9 Å². The molecule has 0 bridgehead atoms. The number of benzene rings is 1. The van der Waals surface area contributed by atoms with Crippen LogP contribution in [0.1, 0.15) is 83.0 Å². The number of carbonyl (C=O) groups is 2. The van der Waals surface area contributed by atoms with Crippen LogP contribution in [0.2, 0.25) is 0 Å². The Labute approximate surface area is 175 Å². The molecule has 1 unspecified atom stereocenters. The van der Waals surface area contributed by atoms with Crippen molar-refractivity contribution in [1.82, 2.24) is 5.01 Å². The van der Waals surface area contributed by atoms with E-state index in [-0.39, 0.29) is 18.2 Å². The SMILES string of the molecule is CCCC.COc1ccc(C(=O)CN2N=C(C)C(C)(C3CCCCC3)C2=O)cc1. The molecule has 1 amide bonds. The molecule has 1 atom stereocenters. The quantitative estimate of drug-likeness (QED) is 0.593. The van der Waals surface area contributed by atoms with Crippen LogP contribution in [0, 0.1) is 11.3 Å². The molecule has 1 aromatic carbocycles. The summed E-state index contributed by atoms with van der Waals surface area (Å²) in [5.74, 6) is 0.894. The largest absolute Gasteiger partial charge is 0.497 e. The summed E-state index contributed by atoms with van der Waals surface area (Å²) in [5.41, 5.74) is 0.848. The third-order valence-corrected chi connectivity index (χ3v) is 6.33. The fourth-order valence-electron chi connectivity index (χ4n) is 4.01. The highest BCUT2D eigenvalue weighted by Gasteiger charge is 2.50. The Balaban J connectivity index is 0.000000687. The zero-order valence-electron chi connectivity index (χ0n) is 18.7. The van der Waals surface area contributed by atoms with Gasteiger partial charge in [0.1, 0.15) is 12.3 Å². The molecule has 2 aliphatic rings. The number of hydrogen-bond donors (Lipinski definition) is 0. The van der Waals surface area contributed by atoms with Crippen LogP contribution in [0.4, 0.5) is 0 Å². The standard InChI is InChI=1S/C20H26N2O3.C4H10/c1-14-20(2,16-7-5-4-6-8-16)19(24)22(21-14)13-18(23)15-9-11-17(25-3)12-10-15;1-3-4-2/h9-12,16H,4-8,13H2,1-3H3;3-4H2,1-2H3. The molecule has 160 valence electrons. The van der Waals surface area contributed by atoms with Crippen LogP contribution < -0.4 is 4.74 Å². The first-order valence-corrected chi connectivity index (χ1v) is 10.9. The monoisotopic (exact) mass is 400 g/mol. The third-order valence-electron chi connectivity index (χ3n) is 6.33. The molecule has 5 heteroatoms. The molecular formula is C24H36N2O3. The molecule has 0 aromatic heterocycles. The lowest BCUT2D eigenvalue weighted by Crippen LogP contribution is -2.44. The smallest absolute Gasteiger partial charge is 0.255 e. The fourth-order valence-corrected chi connectivity index (χ4v) is 4.01. The molecule has 0 N–H and O–H groups in total. The van der Waals surface area contributed by atoms with Crippen LogP contribution >= 0.6 is 0 Å². The van der Waals surface area contributed by atoms with Gasteiger partial charge in [0.2, 0.25) is 0 Å². The molecule has 1 aliphatic heterocycles. The van der Waals surface area contributed by atoms with Crippen molar-refractivity contribution in [2.45, 2.75) is 72.6 Å². The van der Waals surface area contributed by atoms with E-state index in [0.29, 0.717) is 17.2 Å². The summed E-state index contributed by atoms with van der Waals surface area (Å²) in [6.07, 6.45) is 8.36. The number of hydrogen-bond acceptors (Lipinski definition) is 4. The van der Waals surface area contributed by atoms with Crippen molar-refractivity contribution < 1.29 is 14.3 Å². The first-order chi connectivity index (χ1) is 13.9. The number of unbranched alkanes of at least 4 members (excludes halogenated alkanes) is 1. The predicted molar refractivity (Wildman–Crippen MR) is 117 cm³/mol. The summed E-state index contributed by atoms with van der Waals surface area (Å²) in [7, 11) is 1.59. The Hall–Kier alpha value is -2.17. The van der Waals surface area contributed by atoms with Gasteiger partial charge >= 0.3 is 0 Å². The summed E-state index contributed by atoms with van der Waals surface area (Å²) in [5, 5.41) is 5.82. The number of amides is 1. The second kappa shape index (κ2) is 10.6. The first kappa shape index (κ1) is 23.1. The maximum absolute atomic E-state index is 13.0. The van der Waals surface area contributed by atoms with E-state index in [1.165, 1.54) is 37.1 Å². The van der Waals surface area contributed by atoms with Crippen molar-refractivity contribution in [1.29, 1.82) is 0 Å². The van der Waals surface area contributed by atoms with E-state index >= 15 is 0 Å². The van der Waals surface area contributed by atoms with Gasteiger partial charge in [-0.2, -0.15) is 5.10 Å². The number of ketones is 1. The van der Waals surface area contributed by atoms with Gasteiger partial charge < -0.3 is 4.74 Å². The minimum atomic E-state index is -0.555. The van der Waals surface area contributed by atoms with E-state index in [0.717, 1.165) is 18.6 Å². The lowest BCUT2D eigenvalue weighted by atomic mass is 9.67. The van der Waals surface area contributed by atoms with Crippen LogP contribution in [0.15, 0.2) is 29.4 Å². The van der Waals surface area contributed by atoms with Crippen LogP contribution in [-0.4, -0.2) is 36.1 Å². The average molecular weight is 401 g/mol. The number of ether oxygens (including phenoxy) is 1. The molecular weight excluding hydrogens is 364 g/mol. The number of nitrogens with zero attached hydrogens (tertiary/aromatic N) is 2. The van der Waals surface area contributed by atoms with Gasteiger partial charge in [0.15, 0.2) is 5.78 Å². The maximum atomic E-state index is 13.0. The minimum absolute atomic E-state index is 0.00911. The number of carbonyl (C=O) groups excluding carboxylic acids is 2. The average Bonchev–Trinajstić information content (AvgIpc) is 2.98. The van der Waals surface area contributed by atoms with Crippen molar-refractivity contribution in [3.8, 4) is 5.75 Å². The fraction of sp³-hybridized carbons (Fsp3) is 0.625. The molecule has 1 fully saturated rings. The molecule has 3 rings (SSSR count). The first-order valence-electron chi connectivity index (χ1n) is 10.9. The summed E-state index contributed by atoms with van der Waals surface area (Å²) in [6, 6.07) is 6.94. The van der Waals surface area contributed by atoms with Crippen LogP contribution in [0.5, 0.6) is 5.75 Å². The van der Waals surface area contributed by atoms with E-state index in [1.807, 2.05) is 13.8 Å². The summed E-state index contributed by atoms with van der Waals surface area (Å²) >= 11 is 0. The predicted octanol–water partition coefficient (Wildman–Crippen LogP) is 5.49. The number of rotatable bonds is 6. The van der Waals surface area contributed by atoms with Gasteiger partial charge in [-0.15, -0.1) is 0 Å². The lowest BCUT2D eigenvalue weighted by Gasteiger charge is -2.35. The molecule has 0 radical (unpaired) electrons. The number of methoxy groups -OCH3 is 1.